The fraction of sp³-hybridized carbons (Fsp3) is 0.278. The molecule has 1 atom stereocenters. The first-order chi connectivity index (χ1) is 14.2. The van der Waals surface area contributed by atoms with Crippen LogP contribution < -0.4 is 19.5 Å². The smallest absolute Gasteiger partial charge is 0.426 e. The average molecular weight is 483 g/mol. The topological polar surface area (TPSA) is 114 Å². The van der Waals surface area contributed by atoms with Crippen LogP contribution in [0.4, 0.5) is 24.5 Å². The molecule has 31 heavy (non-hydrogen) atoms. The first-order valence-electron chi connectivity index (χ1n) is 8.38. The number of ether oxygens (including phenoxy) is 2. The lowest BCUT2D eigenvalue weighted by atomic mass is 10.1. The summed E-state index contributed by atoms with van der Waals surface area (Å²) >= 11 is 5.93. The zero-order valence-electron chi connectivity index (χ0n) is 16.4. The van der Waals surface area contributed by atoms with Gasteiger partial charge in [0.05, 0.1) is 35.5 Å². The molecule has 0 aliphatic carbocycles. The van der Waals surface area contributed by atoms with Crippen molar-refractivity contribution in [1.29, 1.82) is 0 Å². The van der Waals surface area contributed by atoms with Crippen molar-refractivity contribution >= 4 is 38.9 Å². The predicted octanol–water partition coefficient (Wildman–Crippen LogP) is 3.41. The van der Waals surface area contributed by atoms with Gasteiger partial charge < -0.3 is 19.9 Å². The van der Waals surface area contributed by atoms with E-state index in [1.54, 1.807) is 0 Å². The molecule has 3 N–H and O–H groups in total. The van der Waals surface area contributed by atoms with Gasteiger partial charge in [0.25, 0.3) is 15.9 Å². The van der Waals surface area contributed by atoms with Crippen LogP contribution >= 0.6 is 11.6 Å². The summed E-state index contributed by atoms with van der Waals surface area (Å²) in [5.74, 6) is -1.13. The minimum Gasteiger partial charge on any atom is -0.493 e. The summed E-state index contributed by atoms with van der Waals surface area (Å²) in [5, 5.41) is 10.9. The van der Waals surface area contributed by atoms with Crippen molar-refractivity contribution in [2.45, 2.75) is 23.6 Å². The number of carbonyl (C=O) groups excluding carboxylic acids is 1. The molecule has 2 rings (SSSR count). The van der Waals surface area contributed by atoms with E-state index in [1.165, 1.54) is 32.4 Å². The number of aliphatic hydroxyl groups is 1. The largest absolute Gasteiger partial charge is 0.493 e. The van der Waals surface area contributed by atoms with Gasteiger partial charge in [-0.25, -0.2) is 8.42 Å². The molecule has 0 fully saturated rings. The lowest BCUT2D eigenvalue weighted by molar-refractivity contribution is -0.242. The van der Waals surface area contributed by atoms with Gasteiger partial charge in [-0.1, -0.05) is 11.6 Å². The molecule has 0 radical (unpaired) electrons. The Kier molecular flexibility index (Phi) is 6.98. The van der Waals surface area contributed by atoms with Gasteiger partial charge in [-0.2, -0.15) is 13.2 Å². The Morgan fingerprint density at radius 3 is 2.19 bits per heavy atom. The monoisotopic (exact) mass is 482 g/mol. The molecule has 0 aliphatic heterocycles. The van der Waals surface area contributed by atoms with E-state index in [1.807, 2.05) is 5.32 Å². The number of alkyl halides is 3. The van der Waals surface area contributed by atoms with E-state index in [9.17, 15) is 31.5 Å². The number of hydrogen-bond acceptors (Lipinski definition) is 6. The Morgan fingerprint density at radius 1 is 1.06 bits per heavy atom. The lowest BCUT2D eigenvalue weighted by Gasteiger charge is -2.25. The summed E-state index contributed by atoms with van der Waals surface area (Å²) in [5.41, 5.74) is -3.84. The second kappa shape index (κ2) is 8.81. The van der Waals surface area contributed by atoms with E-state index in [4.69, 9.17) is 21.1 Å². The Morgan fingerprint density at radius 2 is 1.68 bits per heavy atom. The molecule has 0 saturated carbocycles. The SMILES string of the molecule is COc1ccc(NS(=O)(=O)c2ccc(NC(=O)C(C)(O)C(F)(F)F)c(Cl)c2)cc1OC. The fourth-order valence-electron chi connectivity index (χ4n) is 2.25. The number of halogens is 4. The van der Waals surface area contributed by atoms with E-state index < -0.39 is 27.7 Å². The molecular weight excluding hydrogens is 465 g/mol. The second-order valence-electron chi connectivity index (χ2n) is 6.34. The molecular formula is C18H18ClF3N2O6S. The Hall–Kier alpha value is -2.70. The van der Waals surface area contributed by atoms with Crippen molar-refractivity contribution in [1.82, 2.24) is 0 Å². The highest BCUT2D eigenvalue weighted by Gasteiger charge is 2.55. The van der Waals surface area contributed by atoms with E-state index >= 15 is 0 Å². The molecule has 0 aromatic heterocycles. The lowest BCUT2D eigenvalue weighted by Crippen LogP contribution is -2.52. The number of carbonyl (C=O) groups is 1. The van der Waals surface area contributed by atoms with Crippen molar-refractivity contribution in [2.75, 3.05) is 24.3 Å². The average Bonchev–Trinajstić information content (AvgIpc) is 2.67. The quantitative estimate of drug-likeness (QED) is 0.557. The zero-order chi connectivity index (χ0) is 23.6. The van der Waals surface area contributed by atoms with Crippen LogP contribution in [0.5, 0.6) is 11.5 Å². The standard InChI is InChI=1S/C18H18ClF3N2O6S/c1-17(26,18(20,21)22)16(25)23-13-6-5-11(9-12(13)19)31(27,28)24-10-4-7-14(29-2)15(8-10)30-3/h4-9,24,26H,1-3H3,(H,23,25). The minimum atomic E-state index is -5.23. The summed E-state index contributed by atoms with van der Waals surface area (Å²) in [6.07, 6.45) is -5.23. The van der Waals surface area contributed by atoms with E-state index in [0.717, 1.165) is 18.2 Å². The number of benzene rings is 2. The third-order valence-electron chi connectivity index (χ3n) is 4.13. The number of anilines is 2. The van der Waals surface area contributed by atoms with E-state index in [0.29, 0.717) is 5.75 Å². The summed E-state index contributed by atoms with van der Waals surface area (Å²) in [7, 11) is -1.36. The highest BCUT2D eigenvalue weighted by atomic mass is 35.5. The van der Waals surface area contributed by atoms with Crippen LogP contribution in [0.15, 0.2) is 41.3 Å². The molecule has 0 bridgehead atoms. The van der Waals surface area contributed by atoms with E-state index in [2.05, 4.69) is 4.72 Å². The van der Waals surface area contributed by atoms with Gasteiger partial charge in [0, 0.05) is 6.07 Å². The molecule has 13 heteroatoms. The maximum absolute atomic E-state index is 12.8. The van der Waals surface area contributed by atoms with Crippen molar-refractivity contribution in [2.24, 2.45) is 0 Å². The predicted molar refractivity (Wildman–Crippen MR) is 107 cm³/mol. The first-order valence-corrected chi connectivity index (χ1v) is 10.2. The number of nitrogens with one attached hydrogen (secondary N) is 2. The van der Waals surface area contributed by atoms with Crippen molar-refractivity contribution in [3.05, 3.63) is 41.4 Å². The summed E-state index contributed by atoms with van der Waals surface area (Å²) < 4.78 is 76.0. The van der Waals surface area contributed by atoms with Crippen LogP contribution in [0.3, 0.4) is 0 Å². The summed E-state index contributed by atoms with van der Waals surface area (Å²) in [6, 6.07) is 7.24. The Labute approximate surface area is 181 Å². The third kappa shape index (κ3) is 5.32. The number of amides is 1. The van der Waals surface area contributed by atoms with Crippen LogP contribution in [0.25, 0.3) is 0 Å². The highest BCUT2D eigenvalue weighted by Crippen LogP contribution is 2.34. The molecule has 1 amide bonds. The molecule has 2 aromatic rings. The minimum absolute atomic E-state index is 0.146. The number of rotatable bonds is 7. The summed E-state index contributed by atoms with van der Waals surface area (Å²) in [4.78, 5) is 11.5. The molecule has 8 nitrogen and oxygen atoms in total. The number of hydrogen-bond donors (Lipinski definition) is 3. The first kappa shape index (κ1) is 24.6. The molecule has 1 unspecified atom stereocenters. The van der Waals surface area contributed by atoms with Crippen molar-refractivity contribution < 1.29 is 41.0 Å². The zero-order valence-corrected chi connectivity index (χ0v) is 17.9. The molecule has 170 valence electrons. The van der Waals surface area contributed by atoms with E-state index in [-0.39, 0.29) is 34.0 Å². The van der Waals surface area contributed by atoms with Gasteiger partial charge in [-0.05, 0) is 37.3 Å². The molecule has 0 saturated heterocycles. The van der Waals surface area contributed by atoms with Crippen LogP contribution in [0, 0.1) is 0 Å². The van der Waals surface area contributed by atoms with Crippen LogP contribution in [-0.2, 0) is 14.8 Å². The normalized spacial score (nSPS) is 13.8. The van der Waals surface area contributed by atoms with Gasteiger partial charge in [-0.15, -0.1) is 0 Å². The maximum Gasteiger partial charge on any atom is 0.426 e. The fourth-order valence-corrected chi connectivity index (χ4v) is 3.62. The number of methoxy groups -OCH3 is 2. The molecule has 0 aliphatic rings. The Bertz CT molecular complexity index is 1090. The van der Waals surface area contributed by atoms with Gasteiger partial charge in [0.15, 0.2) is 11.5 Å². The van der Waals surface area contributed by atoms with Gasteiger partial charge in [0.2, 0.25) is 5.60 Å². The second-order valence-corrected chi connectivity index (χ2v) is 8.43. The van der Waals surface area contributed by atoms with Crippen molar-refractivity contribution in [3.8, 4) is 11.5 Å². The third-order valence-corrected chi connectivity index (χ3v) is 5.82. The van der Waals surface area contributed by atoms with Gasteiger partial charge in [0.1, 0.15) is 0 Å². The van der Waals surface area contributed by atoms with Gasteiger partial charge in [-0.3, -0.25) is 9.52 Å². The van der Waals surface area contributed by atoms with Crippen LogP contribution in [0.1, 0.15) is 6.92 Å². The summed E-state index contributed by atoms with van der Waals surface area (Å²) in [6.45, 7) is 0.280. The van der Waals surface area contributed by atoms with Crippen LogP contribution in [-0.4, -0.2) is 45.4 Å². The highest BCUT2D eigenvalue weighted by molar-refractivity contribution is 7.92. The van der Waals surface area contributed by atoms with Crippen LogP contribution in [0.2, 0.25) is 5.02 Å². The molecule has 0 spiro atoms. The maximum atomic E-state index is 12.8. The molecule has 0 heterocycles. The van der Waals surface area contributed by atoms with Gasteiger partial charge >= 0.3 is 6.18 Å². The molecule has 2 aromatic carbocycles. The Balaban J connectivity index is 2.27. The van der Waals surface area contributed by atoms with Crippen molar-refractivity contribution in [3.63, 3.8) is 0 Å². The number of sulfonamides is 1.